The fourth-order valence-electron chi connectivity index (χ4n) is 3.08. The Bertz CT molecular complexity index is 863. The Hall–Kier alpha value is -3.20. The van der Waals surface area contributed by atoms with E-state index in [2.05, 4.69) is 0 Å². The van der Waals surface area contributed by atoms with Gasteiger partial charge in [0, 0.05) is 11.1 Å². The Morgan fingerprint density at radius 2 is 1.26 bits per heavy atom. The molecule has 0 aliphatic carbocycles. The number of methoxy groups -OCH3 is 1. The molecule has 3 aromatic rings. The number of aliphatic imine (C=N–C) groups is 1. The zero-order valence-corrected chi connectivity index (χ0v) is 15.6. The van der Waals surface area contributed by atoms with Crippen LogP contribution in [0.25, 0.3) is 0 Å². The molecule has 0 spiro atoms. The maximum Gasteiger partial charge on any atom is 0.317 e. The van der Waals surface area contributed by atoms with E-state index in [9.17, 15) is 4.79 Å². The molecule has 3 aromatic carbocycles. The topological polar surface area (TPSA) is 38.7 Å². The molecular weight excluding hydrogens is 334 g/mol. The molecule has 27 heavy (non-hydrogen) atoms. The van der Waals surface area contributed by atoms with Crippen LogP contribution in [0.1, 0.15) is 23.6 Å². The van der Waals surface area contributed by atoms with Gasteiger partial charge in [-0.15, -0.1) is 0 Å². The van der Waals surface area contributed by atoms with Crippen molar-refractivity contribution >= 4 is 11.7 Å². The molecule has 0 heterocycles. The summed E-state index contributed by atoms with van der Waals surface area (Å²) in [7, 11) is 1.42. The van der Waals surface area contributed by atoms with Gasteiger partial charge in [-0.05, 0) is 12.5 Å². The molecule has 3 heteroatoms. The summed E-state index contributed by atoms with van der Waals surface area (Å²) >= 11 is 0. The fourth-order valence-corrected chi connectivity index (χ4v) is 3.08. The van der Waals surface area contributed by atoms with Crippen molar-refractivity contribution in [2.24, 2.45) is 4.99 Å². The first-order valence-corrected chi connectivity index (χ1v) is 8.94. The fraction of sp³-hybridized carbons (Fsp3) is 0.167. The molecule has 0 aliphatic rings. The van der Waals surface area contributed by atoms with Crippen LogP contribution in [0.5, 0.6) is 0 Å². The number of ether oxygens (including phenoxy) is 1. The summed E-state index contributed by atoms with van der Waals surface area (Å²) in [5.41, 5.74) is 2.93. The molecule has 1 unspecified atom stereocenters. The van der Waals surface area contributed by atoms with E-state index in [1.54, 1.807) is 0 Å². The molecule has 0 saturated carbocycles. The number of hydrogen-bond donors (Lipinski definition) is 0. The number of nitrogens with zero attached hydrogens (tertiary/aromatic N) is 1. The van der Waals surface area contributed by atoms with Gasteiger partial charge in [0.1, 0.15) is 5.41 Å². The lowest BCUT2D eigenvalue weighted by atomic mass is 9.82. The van der Waals surface area contributed by atoms with Crippen LogP contribution in [0.3, 0.4) is 0 Å². The Balaban J connectivity index is 2.05. The molecule has 0 radical (unpaired) electrons. The number of carbonyl (C=O) groups excluding carboxylic acids is 1. The highest BCUT2D eigenvalue weighted by Gasteiger charge is 2.36. The smallest absolute Gasteiger partial charge is 0.317 e. The van der Waals surface area contributed by atoms with Crippen LogP contribution in [0.15, 0.2) is 96.0 Å². The maximum absolute atomic E-state index is 12.6. The van der Waals surface area contributed by atoms with Crippen molar-refractivity contribution in [3.63, 3.8) is 0 Å². The molecule has 0 amide bonds. The highest BCUT2D eigenvalue weighted by Crippen LogP contribution is 2.26. The molecule has 0 aromatic heterocycles. The lowest BCUT2D eigenvalue weighted by Crippen LogP contribution is -2.37. The summed E-state index contributed by atoms with van der Waals surface area (Å²) in [6.07, 6.45) is 0. The average Bonchev–Trinajstić information content (AvgIpc) is 2.75. The molecule has 0 saturated heterocycles. The summed E-state index contributed by atoms with van der Waals surface area (Å²) in [4.78, 5) is 17.5. The van der Waals surface area contributed by atoms with Crippen molar-refractivity contribution < 1.29 is 9.53 Å². The molecule has 0 N–H and O–H groups in total. The largest absolute Gasteiger partial charge is 0.468 e. The van der Waals surface area contributed by atoms with E-state index in [0.717, 1.165) is 22.4 Å². The summed E-state index contributed by atoms with van der Waals surface area (Å²) in [5.74, 6) is -0.294. The van der Waals surface area contributed by atoms with E-state index in [-0.39, 0.29) is 5.97 Å². The van der Waals surface area contributed by atoms with Crippen molar-refractivity contribution in [2.75, 3.05) is 13.7 Å². The monoisotopic (exact) mass is 357 g/mol. The second-order valence-corrected chi connectivity index (χ2v) is 6.59. The third-order valence-electron chi connectivity index (χ3n) is 4.69. The van der Waals surface area contributed by atoms with Crippen molar-refractivity contribution in [3.8, 4) is 0 Å². The van der Waals surface area contributed by atoms with Crippen LogP contribution < -0.4 is 0 Å². The van der Waals surface area contributed by atoms with E-state index < -0.39 is 5.41 Å². The lowest BCUT2D eigenvalue weighted by Gasteiger charge is -2.26. The first-order valence-electron chi connectivity index (χ1n) is 8.94. The predicted molar refractivity (Wildman–Crippen MR) is 109 cm³/mol. The van der Waals surface area contributed by atoms with Crippen LogP contribution in [0.2, 0.25) is 0 Å². The van der Waals surface area contributed by atoms with E-state index >= 15 is 0 Å². The van der Waals surface area contributed by atoms with Gasteiger partial charge >= 0.3 is 5.97 Å². The van der Waals surface area contributed by atoms with Crippen molar-refractivity contribution in [1.82, 2.24) is 0 Å². The number of carbonyl (C=O) groups is 1. The second-order valence-electron chi connectivity index (χ2n) is 6.59. The van der Waals surface area contributed by atoms with Crippen LogP contribution in [0.4, 0.5) is 0 Å². The Kier molecular flexibility index (Phi) is 5.82. The summed E-state index contributed by atoms with van der Waals surface area (Å²) in [5, 5.41) is 0. The van der Waals surface area contributed by atoms with Crippen LogP contribution in [-0.4, -0.2) is 25.3 Å². The average molecular weight is 357 g/mol. The Labute approximate surface area is 160 Å². The van der Waals surface area contributed by atoms with Crippen LogP contribution >= 0.6 is 0 Å². The first kappa shape index (κ1) is 18.6. The lowest BCUT2D eigenvalue weighted by molar-refractivity contribution is -0.146. The standard InChI is InChI=1S/C24H23NO2/c1-24(23(26)27-2,21-16-10-5-11-17-21)18-25-22(19-12-6-3-7-13-19)20-14-8-4-9-15-20/h3-17H,18H2,1-2H3. The molecule has 0 bridgehead atoms. The minimum atomic E-state index is -0.856. The van der Waals surface area contributed by atoms with Gasteiger partial charge in [0.2, 0.25) is 0 Å². The van der Waals surface area contributed by atoms with E-state index in [0.29, 0.717) is 6.54 Å². The highest BCUT2D eigenvalue weighted by molar-refractivity contribution is 6.13. The number of rotatable bonds is 6. The van der Waals surface area contributed by atoms with Gasteiger partial charge in [-0.25, -0.2) is 0 Å². The zero-order chi connectivity index (χ0) is 19.1. The van der Waals surface area contributed by atoms with Crippen molar-refractivity contribution in [2.45, 2.75) is 12.3 Å². The van der Waals surface area contributed by atoms with Gasteiger partial charge in [-0.2, -0.15) is 0 Å². The minimum Gasteiger partial charge on any atom is -0.468 e. The maximum atomic E-state index is 12.6. The second kappa shape index (κ2) is 8.45. The van der Waals surface area contributed by atoms with Crippen molar-refractivity contribution in [3.05, 3.63) is 108 Å². The van der Waals surface area contributed by atoms with Gasteiger partial charge in [-0.3, -0.25) is 9.79 Å². The molecule has 3 nitrogen and oxygen atoms in total. The molecule has 3 rings (SSSR count). The van der Waals surface area contributed by atoms with Gasteiger partial charge < -0.3 is 4.74 Å². The van der Waals surface area contributed by atoms with Gasteiger partial charge in [-0.1, -0.05) is 91.0 Å². The normalized spacial score (nSPS) is 12.7. The number of hydrogen-bond acceptors (Lipinski definition) is 3. The summed E-state index contributed by atoms with van der Waals surface area (Å²) < 4.78 is 5.11. The van der Waals surface area contributed by atoms with E-state index in [1.165, 1.54) is 7.11 Å². The first-order chi connectivity index (χ1) is 13.1. The summed E-state index contributed by atoms with van der Waals surface area (Å²) in [6.45, 7) is 2.17. The van der Waals surface area contributed by atoms with Gasteiger partial charge in [0.25, 0.3) is 0 Å². The predicted octanol–water partition coefficient (Wildman–Crippen LogP) is 4.65. The SMILES string of the molecule is COC(=O)C(C)(CN=C(c1ccccc1)c1ccccc1)c1ccccc1. The van der Waals surface area contributed by atoms with Crippen molar-refractivity contribution in [1.29, 1.82) is 0 Å². The molecular formula is C24H23NO2. The quantitative estimate of drug-likeness (QED) is 0.476. The number of benzene rings is 3. The number of esters is 1. The summed E-state index contributed by atoms with van der Waals surface area (Å²) in [6, 6.07) is 29.7. The van der Waals surface area contributed by atoms with Gasteiger partial charge in [0.05, 0.1) is 19.4 Å². The minimum absolute atomic E-state index is 0.294. The highest BCUT2D eigenvalue weighted by atomic mass is 16.5. The molecule has 136 valence electrons. The van der Waals surface area contributed by atoms with Crippen LogP contribution in [0, 0.1) is 0 Å². The van der Waals surface area contributed by atoms with E-state index in [1.807, 2.05) is 97.9 Å². The van der Waals surface area contributed by atoms with E-state index in [4.69, 9.17) is 9.73 Å². The molecule has 0 aliphatic heterocycles. The molecule has 0 fully saturated rings. The third-order valence-corrected chi connectivity index (χ3v) is 4.69. The van der Waals surface area contributed by atoms with Gasteiger partial charge in [0.15, 0.2) is 0 Å². The third kappa shape index (κ3) is 4.14. The Morgan fingerprint density at radius 1 is 0.815 bits per heavy atom. The molecule has 1 atom stereocenters. The Morgan fingerprint density at radius 3 is 1.70 bits per heavy atom. The van der Waals surface area contributed by atoms with Crippen LogP contribution in [-0.2, 0) is 14.9 Å². The zero-order valence-electron chi connectivity index (χ0n) is 15.6.